The molecule has 3 N–H and O–H groups in total. The zero-order chi connectivity index (χ0) is 15.4. The van der Waals surface area contributed by atoms with Crippen LogP contribution in [0.5, 0.6) is 0 Å². The molecule has 1 amide bonds. The highest BCUT2D eigenvalue weighted by Gasteiger charge is 2.16. The molecule has 21 heavy (non-hydrogen) atoms. The number of aromatic nitrogens is 1. The van der Waals surface area contributed by atoms with Crippen molar-refractivity contribution in [2.45, 2.75) is 13.3 Å². The van der Waals surface area contributed by atoms with Crippen LogP contribution in [0.1, 0.15) is 20.8 Å². The molecule has 0 aliphatic heterocycles. The lowest BCUT2D eigenvalue weighted by Crippen LogP contribution is -2.25. The van der Waals surface area contributed by atoms with Crippen molar-refractivity contribution in [1.82, 2.24) is 10.3 Å². The van der Waals surface area contributed by atoms with Gasteiger partial charge in [-0.15, -0.1) is 0 Å². The summed E-state index contributed by atoms with van der Waals surface area (Å²) in [5.74, 6) is 0.128. The first kappa shape index (κ1) is 15.3. The van der Waals surface area contributed by atoms with Gasteiger partial charge in [-0.1, -0.05) is 35.6 Å². The van der Waals surface area contributed by atoms with E-state index < -0.39 is 0 Å². The summed E-state index contributed by atoms with van der Waals surface area (Å²) in [7, 11) is 3.75. The summed E-state index contributed by atoms with van der Waals surface area (Å²) < 4.78 is 0. The number of nitrogens with zero attached hydrogens (tertiary/aromatic N) is 2. The van der Waals surface area contributed by atoms with Gasteiger partial charge in [-0.05, 0) is 24.5 Å². The van der Waals surface area contributed by atoms with Crippen LogP contribution in [-0.2, 0) is 6.42 Å². The number of thiazole rings is 1. The van der Waals surface area contributed by atoms with Gasteiger partial charge in [-0.3, -0.25) is 4.79 Å². The second kappa shape index (κ2) is 6.58. The number of nitrogen functional groups attached to an aromatic ring is 1. The van der Waals surface area contributed by atoms with Gasteiger partial charge in [0, 0.05) is 20.6 Å². The SMILES string of the molecule is Cc1ccccc1CCNC(=O)c1sc(N(C)C)nc1N. The molecule has 2 rings (SSSR count). The lowest BCUT2D eigenvalue weighted by atomic mass is 10.1. The van der Waals surface area contributed by atoms with E-state index in [1.807, 2.05) is 31.1 Å². The molecule has 0 aliphatic rings. The van der Waals surface area contributed by atoms with Crippen molar-refractivity contribution in [3.05, 3.63) is 40.3 Å². The Balaban J connectivity index is 1.95. The molecule has 112 valence electrons. The molecular weight excluding hydrogens is 284 g/mol. The van der Waals surface area contributed by atoms with E-state index in [-0.39, 0.29) is 11.7 Å². The molecule has 1 aromatic carbocycles. The highest BCUT2D eigenvalue weighted by Crippen LogP contribution is 2.26. The maximum atomic E-state index is 12.1. The first-order valence-corrected chi connectivity index (χ1v) is 7.57. The normalized spacial score (nSPS) is 10.4. The van der Waals surface area contributed by atoms with Crippen LogP contribution in [0.25, 0.3) is 0 Å². The number of nitrogens with one attached hydrogen (secondary N) is 1. The fourth-order valence-electron chi connectivity index (χ4n) is 1.96. The van der Waals surface area contributed by atoms with E-state index in [0.717, 1.165) is 11.6 Å². The van der Waals surface area contributed by atoms with Crippen molar-refractivity contribution >= 4 is 28.2 Å². The second-order valence-electron chi connectivity index (χ2n) is 5.04. The number of aryl methyl sites for hydroxylation is 1. The highest BCUT2D eigenvalue weighted by molar-refractivity contribution is 7.18. The Morgan fingerprint density at radius 3 is 2.71 bits per heavy atom. The topological polar surface area (TPSA) is 71.2 Å². The van der Waals surface area contributed by atoms with E-state index >= 15 is 0 Å². The molecule has 0 atom stereocenters. The van der Waals surface area contributed by atoms with Gasteiger partial charge in [0.15, 0.2) is 5.13 Å². The minimum absolute atomic E-state index is 0.160. The number of nitrogens with two attached hydrogens (primary N) is 1. The van der Waals surface area contributed by atoms with Crippen LogP contribution in [0.2, 0.25) is 0 Å². The van der Waals surface area contributed by atoms with Crippen molar-refractivity contribution < 1.29 is 4.79 Å². The highest BCUT2D eigenvalue weighted by atomic mass is 32.1. The smallest absolute Gasteiger partial charge is 0.265 e. The summed E-state index contributed by atoms with van der Waals surface area (Å²) in [6.45, 7) is 2.65. The van der Waals surface area contributed by atoms with E-state index in [2.05, 4.69) is 29.4 Å². The zero-order valence-electron chi connectivity index (χ0n) is 12.5. The van der Waals surface area contributed by atoms with E-state index in [9.17, 15) is 4.79 Å². The van der Waals surface area contributed by atoms with Gasteiger partial charge in [-0.2, -0.15) is 0 Å². The second-order valence-corrected chi connectivity index (χ2v) is 6.02. The van der Waals surface area contributed by atoms with Crippen LogP contribution < -0.4 is 16.0 Å². The third kappa shape index (κ3) is 3.72. The van der Waals surface area contributed by atoms with E-state index in [1.54, 1.807) is 0 Å². The molecule has 0 saturated heterocycles. The Morgan fingerprint density at radius 2 is 2.10 bits per heavy atom. The predicted octanol–water partition coefficient (Wildman–Crippen LogP) is 2.07. The number of rotatable bonds is 5. The molecule has 5 nitrogen and oxygen atoms in total. The maximum absolute atomic E-state index is 12.1. The average molecular weight is 304 g/mol. The summed E-state index contributed by atoms with van der Waals surface area (Å²) in [6.07, 6.45) is 0.803. The number of carbonyl (C=O) groups is 1. The van der Waals surface area contributed by atoms with Gasteiger partial charge in [0.05, 0.1) is 0 Å². The fourth-order valence-corrected chi connectivity index (χ4v) is 2.78. The Hall–Kier alpha value is -2.08. The molecule has 0 bridgehead atoms. The quantitative estimate of drug-likeness (QED) is 0.887. The van der Waals surface area contributed by atoms with Crippen LogP contribution in [0.15, 0.2) is 24.3 Å². The van der Waals surface area contributed by atoms with E-state index in [0.29, 0.717) is 11.4 Å². The van der Waals surface area contributed by atoms with Crippen molar-refractivity contribution in [2.24, 2.45) is 0 Å². The minimum Gasteiger partial charge on any atom is -0.382 e. The number of hydrogen-bond donors (Lipinski definition) is 2. The summed E-state index contributed by atoms with van der Waals surface area (Å²) in [6, 6.07) is 8.17. The molecular formula is C15H20N4OS. The number of anilines is 2. The molecule has 0 aliphatic carbocycles. The van der Waals surface area contributed by atoms with E-state index in [1.165, 1.54) is 22.5 Å². The summed E-state index contributed by atoms with van der Waals surface area (Å²) >= 11 is 1.30. The molecule has 0 saturated carbocycles. The average Bonchev–Trinajstić information content (AvgIpc) is 2.83. The summed E-state index contributed by atoms with van der Waals surface area (Å²) in [5, 5.41) is 3.63. The molecule has 1 heterocycles. The monoisotopic (exact) mass is 304 g/mol. The third-order valence-electron chi connectivity index (χ3n) is 3.17. The number of amides is 1. The molecule has 0 spiro atoms. The van der Waals surface area contributed by atoms with Crippen LogP contribution in [0, 0.1) is 6.92 Å². The van der Waals surface area contributed by atoms with Gasteiger partial charge in [0.2, 0.25) is 0 Å². The van der Waals surface area contributed by atoms with Gasteiger partial charge >= 0.3 is 0 Å². The Labute approximate surface area is 128 Å². The van der Waals surface area contributed by atoms with Crippen LogP contribution in [0.4, 0.5) is 10.9 Å². The first-order chi connectivity index (χ1) is 9.99. The fraction of sp³-hybridized carbons (Fsp3) is 0.333. The number of hydrogen-bond acceptors (Lipinski definition) is 5. The van der Waals surface area contributed by atoms with Crippen molar-refractivity contribution in [2.75, 3.05) is 31.3 Å². The molecule has 6 heteroatoms. The lowest BCUT2D eigenvalue weighted by molar-refractivity contribution is 0.0959. The lowest BCUT2D eigenvalue weighted by Gasteiger charge is -2.07. The van der Waals surface area contributed by atoms with Crippen molar-refractivity contribution in [3.8, 4) is 0 Å². The number of carbonyl (C=O) groups excluding carboxylic acids is 1. The molecule has 0 unspecified atom stereocenters. The van der Waals surface area contributed by atoms with Gasteiger partial charge < -0.3 is 16.0 Å². The van der Waals surface area contributed by atoms with Gasteiger partial charge in [0.1, 0.15) is 10.7 Å². The van der Waals surface area contributed by atoms with Gasteiger partial charge in [0.25, 0.3) is 5.91 Å². The standard InChI is InChI=1S/C15H20N4OS/c1-10-6-4-5-7-11(10)8-9-17-14(20)12-13(16)18-15(21-12)19(2)3/h4-7H,8-9,16H2,1-3H3,(H,17,20). The maximum Gasteiger partial charge on any atom is 0.265 e. The molecule has 0 fully saturated rings. The summed E-state index contributed by atoms with van der Waals surface area (Å²) in [5.41, 5.74) is 8.27. The third-order valence-corrected chi connectivity index (χ3v) is 4.41. The number of benzene rings is 1. The Morgan fingerprint density at radius 1 is 1.38 bits per heavy atom. The minimum atomic E-state index is -0.160. The van der Waals surface area contributed by atoms with Crippen molar-refractivity contribution in [1.29, 1.82) is 0 Å². The Bertz CT molecular complexity index is 636. The van der Waals surface area contributed by atoms with Crippen molar-refractivity contribution in [3.63, 3.8) is 0 Å². The zero-order valence-corrected chi connectivity index (χ0v) is 13.3. The van der Waals surface area contributed by atoms with Crippen LogP contribution >= 0.6 is 11.3 Å². The van der Waals surface area contributed by atoms with Crippen LogP contribution in [0.3, 0.4) is 0 Å². The first-order valence-electron chi connectivity index (χ1n) is 6.75. The molecule has 1 aromatic heterocycles. The largest absolute Gasteiger partial charge is 0.382 e. The Kier molecular flexibility index (Phi) is 4.80. The molecule has 2 aromatic rings. The molecule has 0 radical (unpaired) electrons. The van der Waals surface area contributed by atoms with Crippen LogP contribution in [-0.4, -0.2) is 31.5 Å². The van der Waals surface area contributed by atoms with Gasteiger partial charge in [-0.25, -0.2) is 4.98 Å². The van der Waals surface area contributed by atoms with E-state index in [4.69, 9.17) is 5.73 Å². The summed E-state index contributed by atoms with van der Waals surface area (Å²) in [4.78, 5) is 18.6. The predicted molar refractivity (Wildman–Crippen MR) is 88.1 cm³/mol.